The number of esters is 1. The number of rotatable bonds is 7. The van der Waals surface area contributed by atoms with Gasteiger partial charge in [-0.3, -0.25) is 4.79 Å². The van der Waals surface area contributed by atoms with Crippen LogP contribution in [0.3, 0.4) is 0 Å². The van der Waals surface area contributed by atoms with Crippen LogP contribution in [0.5, 0.6) is 0 Å². The number of carbonyl (C=O) groups is 1. The summed E-state index contributed by atoms with van der Waals surface area (Å²) in [5, 5.41) is 0.776. The van der Waals surface area contributed by atoms with E-state index < -0.39 is 6.04 Å². The molecule has 18 heavy (non-hydrogen) atoms. The summed E-state index contributed by atoms with van der Waals surface area (Å²) in [6.45, 7) is 4.52. The Labute approximate surface area is 115 Å². The van der Waals surface area contributed by atoms with Gasteiger partial charge in [-0.15, -0.1) is 0 Å². The summed E-state index contributed by atoms with van der Waals surface area (Å²) in [4.78, 5) is 11.4. The molecule has 1 fully saturated rings. The van der Waals surface area contributed by atoms with Gasteiger partial charge in [0.15, 0.2) is 0 Å². The third-order valence-electron chi connectivity index (χ3n) is 3.71. The largest absolute Gasteiger partial charge is 0.465 e. The van der Waals surface area contributed by atoms with Gasteiger partial charge >= 0.3 is 5.97 Å². The maximum atomic E-state index is 11.4. The lowest BCUT2D eigenvalue weighted by atomic mass is 9.87. The lowest BCUT2D eigenvalue weighted by Crippen LogP contribution is -2.33. The van der Waals surface area contributed by atoms with Crippen LogP contribution in [0.2, 0.25) is 0 Å². The minimum atomic E-state index is -0.443. The maximum Gasteiger partial charge on any atom is 0.322 e. The zero-order valence-electron chi connectivity index (χ0n) is 11.7. The predicted octanol–water partition coefficient (Wildman–Crippen LogP) is 2.97. The van der Waals surface area contributed by atoms with Crippen LogP contribution in [0, 0.1) is 5.92 Å². The normalized spacial score (nSPS) is 25.7. The number of hydrogen-bond acceptors (Lipinski definition) is 4. The Balaban J connectivity index is 2.21. The van der Waals surface area contributed by atoms with Crippen LogP contribution in [0.4, 0.5) is 0 Å². The van der Waals surface area contributed by atoms with Gasteiger partial charge in [0.1, 0.15) is 6.04 Å². The van der Waals surface area contributed by atoms with E-state index in [1.165, 1.54) is 32.1 Å². The molecule has 106 valence electrons. The van der Waals surface area contributed by atoms with Crippen molar-refractivity contribution in [3.63, 3.8) is 0 Å². The number of ether oxygens (including phenoxy) is 1. The van der Waals surface area contributed by atoms with Crippen molar-refractivity contribution >= 4 is 17.7 Å². The fraction of sp³-hybridized carbons (Fsp3) is 0.929. The van der Waals surface area contributed by atoms with Crippen LogP contribution >= 0.6 is 11.8 Å². The molecule has 0 radical (unpaired) electrons. The molecule has 3 nitrogen and oxygen atoms in total. The second kappa shape index (κ2) is 8.81. The van der Waals surface area contributed by atoms with E-state index in [0.717, 1.165) is 23.3 Å². The summed E-state index contributed by atoms with van der Waals surface area (Å²) in [6, 6.07) is -0.443. The van der Waals surface area contributed by atoms with Gasteiger partial charge in [-0.25, -0.2) is 0 Å². The number of nitrogens with two attached hydrogens (primary N) is 1. The first kappa shape index (κ1) is 15.8. The van der Waals surface area contributed by atoms with Crippen molar-refractivity contribution in [2.45, 2.75) is 63.7 Å². The average Bonchev–Trinajstić information content (AvgIpc) is 2.39. The predicted molar refractivity (Wildman–Crippen MR) is 77.7 cm³/mol. The molecular weight excluding hydrogens is 246 g/mol. The van der Waals surface area contributed by atoms with Gasteiger partial charge in [0.2, 0.25) is 0 Å². The van der Waals surface area contributed by atoms with Crippen molar-refractivity contribution in [2.75, 3.05) is 12.4 Å². The lowest BCUT2D eigenvalue weighted by molar-refractivity contribution is -0.144. The quantitative estimate of drug-likeness (QED) is 0.725. The molecule has 0 aromatic heterocycles. The summed E-state index contributed by atoms with van der Waals surface area (Å²) >= 11 is 2.01. The Morgan fingerprint density at radius 1 is 1.39 bits per heavy atom. The van der Waals surface area contributed by atoms with E-state index >= 15 is 0 Å². The van der Waals surface area contributed by atoms with Crippen LogP contribution in [-0.2, 0) is 9.53 Å². The maximum absolute atomic E-state index is 11.4. The van der Waals surface area contributed by atoms with Crippen LogP contribution < -0.4 is 5.73 Å². The highest BCUT2D eigenvalue weighted by molar-refractivity contribution is 7.99. The van der Waals surface area contributed by atoms with Gasteiger partial charge in [-0.2, -0.15) is 11.8 Å². The molecule has 0 amide bonds. The molecule has 0 heterocycles. The van der Waals surface area contributed by atoms with E-state index in [9.17, 15) is 4.79 Å². The molecule has 1 aliphatic carbocycles. The standard InChI is InChI=1S/C14H27NO2S/c1-3-11-7-5-6-8-13(11)18-10-9-12(15)14(16)17-4-2/h11-13H,3-10,15H2,1-2H3. The van der Waals surface area contributed by atoms with Crippen LogP contribution in [0.15, 0.2) is 0 Å². The summed E-state index contributed by atoms with van der Waals surface area (Å²) in [6.07, 6.45) is 7.46. The Morgan fingerprint density at radius 2 is 2.11 bits per heavy atom. The molecule has 0 spiro atoms. The van der Waals surface area contributed by atoms with Crippen LogP contribution in [-0.4, -0.2) is 29.6 Å². The Kier molecular flexibility index (Phi) is 7.75. The number of carbonyl (C=O) groups excluding carboxylic acids is 1. The molecule has 0 saturated heterocycles. The van der Waals surface area contributed by atoms with Crippen molar-refractivity contribution in [3.8, 4) is 0 Å². The second-order valence-electron chi connectivity index (χ2n) is 5.01. The zero-order chi connectivity index (χ0) is 13.4. The number of hydrogen-bond donors (Lipinski definition) is 1. The van der Waals surface area contributed by atoms with E-state index in [1.54, 1.807) is 0 Å². The zero-order valence-corrected chi connectivity index (χ0v) is 12.5. The SMILES string of the molecule is CCOC(=O)C(N)CCSC1CCCCC1CC. The molecule has 0 aromatic carbocycles. The summed E-state index contributed by atoms with van der Waals surface area (Å²) < 4.78 is 4.92. The van der Waals surface area contributed by atoms with Crippen molar-refractivity contribution in [3.05, 3.63) is 0 Å². The Bertz CT molecular complexity index is 248. The summed E-state index contributed by atoms with van der Waals surface area (Å²) in [7, 11) is 0. The molecule has 1 rings (SSSR count). The third kappa shape index (κ3) is 5.19. The first-order valence-electron chi connectivity index (χ1n) is 7.22. The van der Waals surface area contributed by atoms with Crippen molar-refractivity contribution < 1.29 is 9.53 Å². The van der Waals surface area contributed by atoms with E-state index in [0.29, 0.717) is 6.61 Å². The lowest BCUT2D eigenvalue weighted by Gasteiger charge is -2.30. The highest BCUT2D eigenvalue weighted by atomic mass is 32.2. The fourth-order valence-electron chi connectivity index (χ4n) is 2.57. The topological polar surface area (TPSA) is 52.3 Å². The first-order valence-corrected chi connectivity index (χ1v) is 8.27. The fourth-order valence-corrected chi connectivity index (χ4v) is 4.20. The van der Waals surface area contributed by atoms with E-state index in [1.807, 2.05) is 18.7 Å². The minimum Gasteiger partial charge on any atom is -0.465 e. The second-order valence-corrected chi connectivity index (χ2v) is 6.36. The van der Waals surface area contributed by atoms with E-state index in [2.05, 4.69) is 6.92 Å². The van der Waals surface area contributed by atoms with Crippen molar-refractivity contribution in [1.29, 1.82) is 0 Å². The Morgan fingerprint density at radius 3 is 2.78 bits per heavy atom. The molecule has 0 aliphatic heterocycles. The van der Waals surface area contributed by atoms with E-state index in [4.69, 9.17) is 10.5 Å². The molecule has 0 aromatic rings. The van der Waals surface area contributed by atoms with Gasteiger partial charge < -0.3 is 10.5 Å². The van der Waals surface area contributed by atoms with Gasteiger partial charge in [0.05, 0.1) is 6.61 Å². The molecule has 1 saturated carbocycles. The molecule has 1 aliphatic rings. The van der Waals surface area contributed by atoms with Gasteiger partial charge in [-0.05, 0) is 37.9 Å². The van der Waals surface area contributed by atoms with Crippen LogP contribution in [0.1, 0.15) is 52.4 Å². The monoisotopic (exact) mass is 273 g/mol. The highest BCUT2D eigenvalue weighted by Gasteiger charge is 2.24. The number of thioether (sulfide) groups is 1. The molecule has 4 heteroatoms. The van der Waals surface area contributed by atoms with Crippen molar-refractivity contribution in [1.82, 2.24) is 0 Å². The first-order chi connectivity index (χ1) is 8.69. The molecule has 2 N–H and O–H groups in total. The van der Waals surface area contributed by atoms with Crippen LogP contribution in [0.25, 0.3) is 0 Å². The van der Waals surface area contributed by atoms with E-state index in [-0.39, 0.29) is 5.97 Å². The summed E-state index contributed by atoms with van der Waals surface area (Å²) in [5.74, 6) is 1.58. The minimum absolute atomic E-state index is 0.256. The molecular formula is C14H27NO2S. The molecule has 3 unspecified atom stereocenters. The van der Waals surface area contributed by atoms with Crippen molar-refractivity contribution in [2.24, 2.45) is 11.7 Å². The third-order valence-corrected chi connectivity index (χ3v) is 5.23. The molecule has 0 bridgehead atoms. The van der Waals surface area contributed by atoms with Gasteiger partial charge in [-0.1, -0.05) is 26.2 Å². The van der Waals surface area contributed by atoms with Gasteiger partial charge in [0.25, 0.3) is 0 Å². The smallest absolute Gasteiger partial charge is 0.322 e. The summed E-state index contributed by atoms with van der Waals surface area (Å²) in [5.41, 5.74) is 5.80. The Hall–Kier alpha value is -0.220. The molecule has 3 atom stereocenters. The highest BCUT2D eigenvalue weighted by Crippen LogP contribution is 2.35. The van der Waals surface area contributed by atoms with Gasteiger partial charge in [0, 0.05) is 5.25 Å². The average molecular weight is 273 g/mol.